The number of rotatable bonds is 4. The monoisotopic (exact) mass is 278 g/mol. The molecule has 1 aliphatic carbocycles. The first-order chi connectivity index (χ1) is 9.15. The predicted octanol–water partition coefficient (Wildman–Crippen LogP) is 3.68. The summed E-state index contributed by atoms with van der Waals surface area (Å²) in [4.78, 5) is 2.51. The molecule has 1 heterocycles. The van der Waals surface area contributed by atoms with E-state index in [9.17, 15) is 0 Å². The van der Waals surface area contributed by atoms with Gasteiger partial charge in [0.1, 0.15) is 0 Å². The van der Waals surface area contributed by atoms with E-state index in [1.54, 1.807) is 0 Å². The lowest BCUT2D eigenvalue weighted by Crippen LogP contribution is -2.24. The van der Waals surface area contributed by atoms with E-state index in [-0.39, 0.29) is 0 Å². The summed E-state index contributed by atoms with van der Waals surface area (Å²) in [6.07, 6.45) is 2.63. The van der Waals surface area contributed by atoms with Gasteiger partial charge in [0.15, 0.2) is 0 Å². The summed E-state index contributed by atoms with van der Waals surface area (Å²) in [5, 5.41) is 4.49. The molecule has 0 bridgehead atoms. The number of hydrogen-bond donors (Lipinski definition) is 1. The molecule has 1 aliphatic heterocycles. The van der Waals surface area contributed by atoms with Crippen LogP contribution in [0.1, 0.15) is 32.3 Å². The molecular weight excluding hydrogens is 256 g/mol. The number of anilines is 1. The van der Waals surface area contributed by atoms with E-state index >= 15 is 0 Å². The van der Waals surface area contributed by atoms with Gasteiger partial charge in [-0.2, -0.15) is 0 Å². The molecule has 0 amide bonds. The highest BCUT2D eigenvalue weighted by Crippen LogP contribution is 2.34. The fourth-order valence-corrected chi connectivity index (χ4v) is 3.12. The molecule has 1 saturated heterocycles. The van der Waals surface area contributed by atoms with Crippen molar-refractivity contribution in [2.75, 3.05) is 18.0 Å². The van der Waals surface area contributed by atoms with Crippen LogP contribution in [0.15, 0.2) is 18.2 Å². The third-order valence-electron chi connectivity index (χ3n) is 4.57. The minimum atomic E-state index is 0.723. The molecule has 1 aromatic carbocycles. The molecule has 1 saturated carbocycles. The van der Waals surface area contributed by atoms with E-state index in [1.165, 1.54) is 24.1 Å². The quantitative estimate of drug-likeness (QED) is 0.904. The van der Waals surface area contributed by atoms with Crippen LogP contribution in [-0.2, 0) is 6.54 Å². The van der Waals surface area contributed by atoms with Crippen LogP contribution in [0.4, 0.5) is 5.69 Å². The lowest BCUT2D eigenvalue weighted by Gasteiger charge is -2.23. The van der Waals surface area contributed by atoms with Crippen molar-refractivity contribution in [1.29, 1.82) is 0 Å². The van der Waals surface area contributed by atoms with Crippen LogP contribution < -0.4 is 10.2 Å². The van der Waals surface area contributed by atoms with Gasteiger partial charge in [0.2, 0.25) is 0 Å². The van der Waals surface area contributed by atoms with Gasteiger partial charge in [0.05, 0.1) is 0 Å². The minimum Gasteiger partial charge on any atom is -0.371 e. The molecule has 2 fully saturated rings. The normalized spacial score (nSPS) is 27.0. The van der Waals surface area contributed by atoms with E-state index in [0.717, 1.165) is 42.5 Å². The molecule has 3 heteroatoms. The lowest BCUT2D eigenvalue weighted by molar-refractivity contribution is 0.494. The van der Waals surface area contributed by atoms with Crippen molar-refractivity contribution in [3.05, 3.63) is 28.8 Å². The van der Waals surface area contributed by atoms with Crippen molar-refractivity contribution in [1.82, 2.24) is 5.32 Å². The number of benzene rings is 1. The summed E-state index contributed by atoms with van der Waals surface area (Å²) in [5.41, 5.74) is 2.61. The predicted molar refractivity (Wildman–Crippen MR) is 81.9 cm³/mol. The molecular formula is C16H23ClN2. The Bertz CT molecular complexity index is 446. The number of nitrogens with zero attached hydrogens (tertiary/aromatic N) is 1. The number of nitrogens with one attached hydrogen (secondary N) is 1. The smallest absolute Gasteiger partial charge is 0.0471 e. The molecule has 3 rings (SSSR count). The van der Waals surface area contributed by atoms with Gasteiger partial charge in [0.25, 0.3) is 0 Å². The Morgan fingerprint density at radius 1 is 1.21 bits per heavy atom. The molecule has 2 nitrogen and oxygen atoms in total. The second-order valence-corrected chi connectivity index (χ2v) is 6.66. The van der Waals surface area contributed by atoms with Gasteiger partial charge in [-0.3, -0.25) is 0 Å². The maximum atomic E-state index is 6.42. The Morgan fingerprint density at radius 2 is 1.89 bits per heavy atom. The molecule has 2 aliphatic rings. The van der Waals surface area contributed by atoms with Gasteiger partial charge >= 0.3 is 0 Å². The van der Waals surface area contributed by atoms with Crippen molar-refractivity contribution < 1.29 is 0 Å². The average Bonchev–Trinajstić information content (AvgIpc) is 3.14. The standard InChI is InChI=1S/C16H23ClN2/c1-11-9-19(10-12(11)2)16-5-3-4-15(17)14(16)8-18-13-6-7-13/h3-5,11-13,18H,6-10H2,1-2H3. The first-order valence-corrected chi connectivity index (χ1v) is 7.78. The summed E-state index contributed by atoms with van der Waals surface area (Å²) in [7, 11) is 0. The van der Waals surface area contributed by atoms with Crippen molar-refractivity contribution in [2.45, 2.75) is 39.3 Å². The van der Waals surface area contributed by atoms with E-state index in [1.807, 2.05) is 6.07 Å². The SMILES string of the molecule is CC1CN(c2cccc(Cl)c2CNC2CC2)CC1C. The molecule has 104 valence electrons. The van der Waals surface area contributed by atoms with E-state index in [2.05, 4.69) is 36.2 Å². The van der Waals surface area contributed by atoms with Gasteiger partial charge in [-0.05, 0) is 36.8 Å². The van der Waals surface area contributed by atoms with Crippen LogP contribution >= 0.6 is 11.6 Å². The van der Waals surface area contributed by atoms with Crippen LogP contribution in [0, 0.1) is 11.8 Å². The van der Waals surface area contributed by atoms with Gasteiger partial charge in [0, 0.05) is 41.9 Å². The van der Waals surface area contributed by atoms with Gasteiger partial charge in [-0.25, -0.2) is 0 Å². The first kappa shape index (κ1) is 13.3. The second-order valence-electron chi connectivity index (χ2n) is 6.25. The highest BCUT2D eigenvalue weighted by atomic mass is 35.5. The number of halogens is 1. The third kappa shape index (κ3) is 2.90. The molecule has 2 unspecified atom stereocenters. The summed E-state index contributed by atoms with van der Waals surface area (Å²) < 4.78 is 0. The molecule has 0 radical (unpaired) electrons. The summed E-state index contributed by atoms with van der Waals surface area (Å²) in [5.74, 6) is 1.53. The zero-order valence-corrected chi connectivity index (χ0v) is 12.6. The highest BCUT2D eigenvalue weighted by molar-refractivity contribution is 6.31. The fraction of sp³-hybridized carbons (Fsp3) is 0.625. The molecule has 19 heavy (non-hydrogen) atoms. The van der Waals surface area contributed by atoms with Crippen LogP contribution in [0.5, 0.6) is 0 Å². The lowest BCUT2D eigenvalue weighted by atomic mass is 10.0. The van der Waals surface area contributed by atoms with Crippen LogP contribution in [0.3, 0.4) is 0 Å². The van der Waals surface area contributed by atoms with Crippen LogP contribution in [0.2, 0.25) is 5.02 Å². The van der Waals surface area contributed by atoms with E-state index < -0.39 is 0 Å². The fourth-order valence-electron chi connectivity index (χ4n) is 2.88. The third-order valence-corrected chi connectivity index (χ3v) is 4.92. The second kappa shape index (κ2) is 5.34. The highest BCUT2D eigenvalue weighted by Gasteiger charge is 2.28. The van der Waals surface area contributed by atoms with Crippen molar-refractivity contribution >= 4 is 17.3 Å². The average molecular weight is 279 g/mol. The van der Waals surface area contributed by atoms with Crippen LogP contribution in [0.25, 0.3) is 0 Å². The van der Waals surface area contributed by atoms with Gasteiger partial charge in [-0.15, -0.1) is 0 Å². The summed E-state index contributed by atoms with van der Waals surface area (Å²) >= 11 is 6.42. The van der Waals surface area contributed by atoms with Crippen molar-refractivity contribution in [3.8, 4) is 0 Å². The summed E-state index contributed by atoms with van der Waals surface area (Å²) in [6, 6.07) is 7.03. The minimum absolute atomic E-state index is 0.723. The van der Waals surface area contributed by atoms with E-state index in [4.69, 9.17) is 11.6 Å². The summed E-state index contributed by atoms with van der Waals surface area (Å²) in [6.45, 7) is 7.89. The van der Waals surface area contributed by atoms with Gasteiger partial charge in [-0.1, -0.05) is 31.5 Å². The van der Waals surface area contributed by atoms with Gasteiger partial charge < -0.3 is 10.2 Å². The van der Waals surface area contributed by atoms with Crippen LogP contribution in [-0.4, -0.2) is 19.1 Å². The maximum absolute atomic E-state index is 6.42. The zero-order valence-electron chi connectivity index (χ0n) is 11.8. The molecule has 1 aromatic rings. The Balaban J connectivity index is 1.80. The Labute approximate surface area is 121 Å². The Kier molecular flexibility index (Phi) is 3.72. The topological polar surface area (TPSA) is 15.3 Å². The molecule has 0 aromatic heterocycles. The Morgan fingerprint density at radius 3 is 2.53 bits per heavy atom. The molecule has 2 atom stereocenters. The maximum Gasteiger partial charge on any atom is 0.0471 e. The van der Waals surface area contributed by atoms with E-state index in [0.29, 0.717) is 0 Å². The van der Waals surface area contributed by atoms with Crippen molar-refractivity contribution in [2.24, 2.45) is 11.8 Å². The Hall–Kier alpha value is -0.730. The van der Waals surface area contributed by atoms with Crippen molar-refractivity contribution in [3.63, 3.8) is 0 Å². The number of hydrogen-bond acceptors (Lipinski definition) is 2. The molecule has 1 N–H and O–H groups in total. The zero-order chi connectivity index (χ0) is 13.4. The largest absolute Gasteiger partial charge is 0.371 e. The first-order valence-electron chi connectivity index (χ1n) is 7.41. The molecule has 0 spiro atoms.